The number of aromatic carboxylic acids is 1. The molecule has 0 spiro atoms. The van der Waals surface area contributed by atoms with Crippen LogP contribution < -0.4 is 10.2 Å². The predicted octanol–water partition coefficient (Wildman–Crippen LogP) is 5.30. The Morgan fingerprint density at radius 3 is 2.62 bits per heavy atom. The Morgan fingerprint density at radius 1 is 1.15 bits per heavy atom. The summed E-state index contributed by atoms with van der Waals surface area (Å²) < 4.78 is 29.4. The van der Waals surface area contributed by atoms with Crippen molar-refractivity contribution in [1.82, 2.24) is 14.6 Å². The number of rotatable bonds is 5. The number of hydrogen-bond acceptors (Lipinski definition) is 5. The minimum Gasteiger partial charge on any atom is -0.478 e. The molecule has 5 rings (SSSR count). The molecule has 2 aromatic heterocycles. The summed E-state index contributed by atoms with van der Waals surface area (Å²) in [5.41, 5.74) is 4.84. The molecule has 0 unspecified atom stereocenters. The number of carboxylic acid groups (broad SMARTS) is 1. The van der Waals surface area contributed by atoms with Crippen molar-refractivity contribution in [3.63, 3.8) is 0 Å². The van der Waals surface area contributed by atoms with E-state index in [-0.39, 0.29) is 37.5 Å². The zero-order valence-corrected chi connectivity index (χ0v) is 18.9. The summed E-state index contributed by atoms with van der Waals surface area (Å²) in [6.45, 7) is 4.36. The van der Waals surface area contributed by atoms with Crippen LogP contribution in [-0.4, -0.2) is 44.7 Å². The van der Waals surface area contributed by atoms with Crippen LogP contribution in [0, 0.1) is 6.92 Å². The molecule has 4 aromatic rings. The number of fused-ring (bicyclic) bond motifs is 3. The molecule has 7 nitrogen and oxygen atoms in total. The largest absolute Gasteiger partial charge is 0.478 e. The van der Waals surface area contributed by atoms with Gasteiger partial charge >= 0.3 is 5.97 Å². The molecule has 1 atom stereocenters. The lowest BCUT2D eigenvalue weighted by molar-refractivity contribution is -0.0221. The first kappa shape index (κ1) is 22.1. The molecule has 3 heterocycles. The second-order valence-electron chi connectivity index (χ2n) is 8.85. The first-order valence-corrected chi connectivity index (χ1v) is 11.2. The average molecular weight is 466 g/mol. The van der Waals surface area contributed by atoms with E-state index in [2.05, 4.69) is 10.4 Å². The third-order valence-corrected chi connectivity index (χ3v) is 6.37. The van der Waals surface area contributed by atoms with Gasteiger partial charge in [-0.15, -0.1) is 0 Å². The van der Waals surface area contributed by atoms with Gasteiger partial charge in [0.15, 0.2) is 5.82 Å². The molecule has 34 heavy (non-hydrogen) atoms. The molecule has 1 fully saturated rings. The van der Waals surface area contributed by atoms with Crippen LogP contribution in [0.2, 0.25) is 0 Å². The molecule has 176 valence electrons. The monoisotopic (exact) mass is 465 g/mol. The minimum atomic E-state index is -2.65. The molecule has 1 aliphatic rings. The van der Waals surface area contributed by atoms with Gasteiger partial charge in [-0.05, 0) is 43.7 Å². The maximum atomic E-state index is 13.8. The molecular weight excluding hydrogens is 440 g/mol. The van der Waals surface area contributed by atoms with E-state index in [0.29, 0.717) is 17.0 Å². The molecule has 0 amide bonds. The fourth-order valence-corrected chi connectivity index (χ4v) is 4.61. The fraction of sp³-hybridized carbons (Fsp3) is 0.320. The van der Waals surface area contributed by atoms with Gasteiger partial charge < -0.3 is 15.3 Å². The van der Waals surface area contributed by atoms with Crippen molar-refractivity contribution in [3.05, 3.63) is 65.4 Å². The molecule has 2 aromatic carbocycles. The number of benzene rings is 2. The number of para-hydroxylation sites is 1. The SMILES string of the molecule is Cc1cc([C@@H](C)Nc2ccccc2C(=O)O)c2nc(N3CCC(F)(F)CC3)c3ccnn3c2c1. The van der Waals surface area contributed by atoms with Gasteiger partial charge in [0.1, 0.15) is 5.52 Å². The Bertz CT molecular complexity index is 1390. The lowest BCUT2D eigenvalue weighted by Gasteiger charge is -2.33. The van der Waals surface area contributed by atoms with Crippen molar-refractivity contribution < 1.29 is 18.7 Å². The molecule has 0 bridgehead atoms. The smallest absolute Gasteiger partial charge is 0.337 e. The highest BCUT2D eigenvalue weighted by molar-refractivity contribution is 5.94. The highest BCUT2D eigenvalue weighted by Gasteiger charge is 2.35. The van der Waals surface area contributed by atoms with E-state index in [1.807, 2.05) is 36.9 Å². The number of alkyl halides is 2. The normalized spacial score (nSPS) is 16.6. The highest BCUT2D eigenvalue weighted by Crippen LogP contribution is 2.35. The highest BCUT2D eigenvalue weighted by atomic mass is 19.3. The van der Waals surface area contributed by atoms with Crippen LogP contribution in [0.25, 0.3) is 16.6 Å². The summed E-state index contributed by atoms with van der Waals surface area (Å²) >= 11 is 0. The quantitative estimate of drug-likeness (QED) is 0.416. The average Bonchev–Trinajstić information content (AvgIpc) is 3.29. The zero-order chi connectivity index (χ0) is 24.0. The van der Waals surface area contributed by atoms with Crippen molar-refractivity contribution >= 4 is 34.0 Å². The minimum absolute atomic E-state index is 0.184. The number of nitrogens with one attached hydrogen (secondary N) is 1. The van der Waals surface area contributed by atoms with Crippen LogP contribution in [0.15, 0.2) is 48.7 Å². The number of hydrogen-bond donors (Lipinski definition) is 2. The topological polar surface area (TPSA) is 82.8 Å². The van der Waals surface area contributed by atoms with E-state index in [1.54, 1.807) is 35.0 Å². The number of piperidine rings is 1. The number of halogens is 2. The first-order valence-electron chi connectivity index (χ1n) is 11.2. The third-order valence-electron chi connectivity index (χ3n) is 6.37. The Labute approximate surface area is 195 Å². The van der Waals surface area contributed by atoms with E-state index in [4.69, 9.17) is 4.98 Å². The van der Waals surface area contributed by atoms with Gasteiger partial charge in [-0.1, -0.05) is 18.2 Å². The maximum Gasteiger partial charge on any atom is 0.337 e. The Kier molecular flexibility index (Phi) is 5.34. The van der Waals surface area contributed by atoms with E-state index in [9.17, 15) is 18.7 Å². The van der Waals surface area contributed by atoms with Crippen LogP contribution in [0.3, 0.4) is 0 Å². The molecule has 9 heteroatoms. The summed E-state index contributed by atoms with van der Waals surface area (Å²) in [5.74, 6) is -3.03. The summed E-state index contributed by atoms with van der Waals surface area (Å²) in [6, 6.07) is 12.3. The van der Waals surface area contributed by atoms with Crippen LogP contribution in [0.1, 0.15) is 47.3 Å². The van der Waals surface area contributed by atoms with Crippen molar-refractivity contribution in [2.24, 2.45) is 0 Å². The number of anilines is 2. The number of carboxylic acids is 1. The van der Waals surface area contributed by atoms with Crippen LogP contribution in [0.4, 0.5) is 20.3 Å². The summed E-state index contributed by atoms with van der Waals surface area (Å²) in [4.78, 5) is 18.5. The number of aromatic nitrogens is 3. The molecule has 0 radical (unpaired) electrons. The van der Waals surface area contributed by atoms with Gasteiger partial charge in [0.2, 0.25) is 0 Å². The molecule has 0 saturated carbocycles. The number of aryl methyl sites for hydroxylation is 1. The molecule has 1 aliphatic heterocycles. The van der Waals surface area contributed by atoms with Gasteiger partial charge in [-0.25, -0.2) is 23.1 Å². The van der Waals surface area contributed by atoms with E-state index < -0.39 is 11.9 Å². The van der Waals surface area contributed by atoms with E-state index in [0.717, 1.165) is 22.2 Å². The van der Waals surface area contributed by atoms with E-state index >= 15 is 0 Å². The second kappa shape index (κ2) is 8.23. The van der Waals surface area contributed by atoms with Gasteiger partial charge in [0.05, 0.1) is 28.8 Å². The zero-order valence-electron chi connectivity index (χ0n) is 18.9. The van der Waals surface area contributed by atoms with Gasteiger partial charge in [0, 0.05) is 37.2 Å². The number of carbonyl (C=O) groups is 1. The summed E-state index contributed by atoms with van der Waals surface area (Å²) in [5, 5.41) is 17.4. The second-order valence-corrected chi connectivity index (χ2v) is 8.85. The molecule has 0 aliphatic carbocycles. The van der Waals surface area contributed by atoms with Crippen LogP contribution in [0.5, 0.6) is 0 Å². The Balaban J connectivity index is 1.62. The number of nitrogens with zero attached hydrogens (tertiary/aromatic N) is 4. The molecule has 1 saturated heterocycles. The van der Waals surface area contributed by atoms with Crippen molar-refractivity contribution in [2.45, 2.75) is 38.7 Å². The van der Waals surface area contributed by atoms with E-state index in [1.165, 1.54) is 0 Å². The third kappa shape index (κ3) is 3.91. The maximum absolute atomic E-state index is 13.8. The van der Waals surface area contributed by atoms with Gasteiger partial charge in [-0.2, -0.15) is 5.10 Å². The predicted molar refractivity (Wildman–Crippen MR) is 127 cm³/mol. The molecular formula is C25H25F2N5O2. The summed E-state index contributed by atoms with van der Waals surface area (Å²) in [6.07, 6.45) is 1.26. The Morgan fingerprint density at radius 2 is 1.88 bits per heavy atom. The van der Waals surface area contributed by atoms with Crippen LogP contribution in [-0.2, 0) is 0 Å². The standard InChI is InChI=1S/C25H25F2N5O2/c1-15-13-18(16(2)29-19-6-4-3-5-17(19)24(33)34)22-21(14-15)32-20(7-10-28-32)23(30-22)31-11-8-25(26,27)9-12-31/h3-7,10,13-14,16,29H,8-9,11-12H2,1-2H3,(H,33,34)/t16-/m1/s1. The molecule has 2 N–H and O–H groups in total. The lowest BCUT2D eigenvalue weighted by atomic mass is 10.0. The fourth-order valence-electron chi connectivity index (χ4n) is 4.61. The van der Waals surface area contributed by atoms with Gasteiger partial charge in [0.25, 0.3) is 5.92 Å². The van der Waals surface area contributed by atoms with Gasteiger partial charge in [-0.3, -0.25) is 0 Å². The Hall–Kier alpha value is -3.75. The summed E-state index contributed by atoms with van der Waals surface area (Å²) in [7, 11) is 0. The lowest BCUT2D eigenvalue weighted by Crippen LogP contribution is -2.40. The van der Waals surface area contributed by atoms with Crippen molar-refractivity contribution in [2.75, 3.05) is 23.3 Å². The van der Waals surface area contributed by atoms with Crippen molar-refractivity contribution in [1.29, 1.82) is 0 Å². The first-order chi connectivity index (χ1) is 16.2. The van der Waals surface area contributed by atoms with Crippen molar-refractivity contribution in [3.8, 4) is 0 Å². The van der Waals surface area contributed by atoms with Crippen LogP contribution >= 0.6 is 0 Å².